The van der Waals surface area contributed by atoms with Crippen LogP contribution in [-0.2, 0) is 18.3 Å². The van der Waals surface area contributed by atoms with Gasteiger partial charge in [0.2, 0.25) is 17.8 Å². The number of thiophene rings is 1. The van der Waals surface area contributed by atoms with Crippen LogP contribution in [0, 0.1) is 0 Å². The Kier molecular flexibility index (Phi) is 4.51. The molecule has 0 atom stereocenters. The van der Waals surface area contributed by atoms with Crippen molar-refractivity contribution in [2.24, 2.45) is 7.05 Å². The Morgan fingerprint density at radius 3 is 2.89 bits per heavy atom. The number of amides is 1. The van der Waals surface area contributed by atoms with E-state index >= 15 is 0 Å². The average molecular weight is 399 g/mol. The molecule has 27 heavy (non-hydrogen) atoms. The van der Waals surface area contributed by atoms with E-state index in [0.717, 1.165) is 21.0 Å². The van der Waals surface area contributed by atoms with Crippen LogP contribution in [0.2, 0.25) is 5.02 Å². The molecule has 3 heterocycles. The van der Waals surface area contributed by atoms with Gasteiger partial charge in [0.25, 0.3) is 0 Å². The average Bonchev–Trinajstić information content (AvgIpc) is 3.22. The van der Waals surface area contributed by atoms with E-state index in [0.29, 0.717) is 16.5 Å². The molecular weight excluding hydrogens is 384 g/mol. The smallest absolute Gasteiger partial charge is 0.231 e. The van der Waals surface area contributed by atoms with Crippen molar-refractivity contribution in [3.05, 3.63) is 52.5 Å². The van der Waals surface area contributed by atoms with Crippen molar-refractivity contribution in [2.45, 2.75) is 6.42 Å². The molecule has 0 spiro atoms. The zero-order valence-corrected chi connectivity index (χ0v) is 15.9. The maximum absolute atomic E-state index is 12.5. The Morgan fingerprint density at radius 2 is 2.11 bits per heavy atom. The molecule has 0 radical (unpaired) electrons. The monoisotopic (exact) mass is 398 g/mol. The fourth-order valence-electron chi connectivity index (χ4n) is 2.74. The quantitative estimate of drug-likeness (QED) is 0.548. The summed E-state index contributed by atoms with van der Waals surface area (Å²) in [5.41, 5.74) is 7.89. The van der Waals surface area contributed by atoms with Gasteiger partial charge >= 0.3 is 0 Å². The number of carbonyl (C=O) groups is 1. The van der Waals surface area contributed by atoms with Gasteiger partial charge in [-0.05, 0) is 30.3 Å². The van der Waals surface area contributed by atoms with Gasteiger partial charge in [-0.3, -0.25) is 10.1 Å². The number of aromatic nitrogens is 4. The van der Waals surface area contributed by atoms with Gasteiger partial charge in [0, 0.05) is 18.1 Å². The third-order valence-corrected chi connectivity index (χ3v) is 5.45. The number of hydrogen-bond acceptors (Lipinski definition) is 6. The minimum Gasteiger partial charge on any atom is -0.368 e. The third kappa shape index (κ3) is 3.49. The zero-order chi connectivity index (χ0) is 19.0. The molecule has 7 nitrogen and oxygen atoms in total. The Bertz CT molecular complexity index is 1150. The molecule has 4 rings (SSSR count). The van der Waals surface area contributed by atoms with E-state index in [1.165, 1.54) is 11.3 Å². The predicted octanol–water partition coefficient (Wildman–Crippen LogP) is 3.51. The first-order valence-electron chi connectivity index (χ1n) is 8.09. The lowest BCUT2D eigenvalue weighted by atomic mass is 10.3. The molecule has 3 N–H and O–H groups in total. The highest BCUT2D eigenvalue weighted by atomic mass is 35.5. The van der Waals surface area contributed by atoms with E-state index in [9.17, 15) is 4.79 Å². The number of nitrogens with two attached hydrogens (primary N) is 1. The summed E-state index contributed by atoms with van der Waals surface area (Å²) in [6, 6.07) is 11.1. The predicted molar refractivity (Wildman–Crippen MR) is 108 cm³/mol. The van der Waals surface area contributed by atoms with Crippen molar-refractivity contribution in [3.8, 4) is 10.6 Å². The number of carbonyl (C=O) groups excluding carboxylic acids is 1. The molecule has 0 aliphatic carbocycles. The number of nitrogens with zero attached hydrogens (tertiary/aromatic N) is 4. The summed E-state index contributed by atoms with van der Waals surface area (Å²) < 4.78 is 1.81. The number of fused-ring (bicyclic) bond motifs is 1. The lowest BCUT2D eigenvalue weighted by Crippen LogP contribution is -2.16. The number of nitrogens with one attached hydrogen (secondary N) is 1. The van der Waals surface area contributed by atoms with E-state index in [2.05, 4.69) is 20.3 Å². The highest BCUT2D eigenvalue weighted by Gasteiger charge is 2.14. The van der Waals surface area contributed by atoms with Gasteiger partial charge in [-0.15, -0.1) is 11.3 Å². The summed E-state index contributed by atoms with van der Waals surface area (Å²) in [6.45, 7) is 0. The fraction of sp³-hybridized carbons (Fsp3) is 0.111. The molecule has 1 aromatic carbocycles. The second kappa shape index (κ2) is 6.98. The molecule has 136 valence electrons. The van der Waals surface area contributed by atoms with Crippen LogP contribution in [0.1, 0.15) is 4.88 Å². The lowest BCUT2D eigenvalue weighted by Gasteiger charge is -2.04. The molecule has 0 saturated carbocycles. The van der Waals surface area contributed by atoms with Gasteiger partial charge < -0.3 is 10.3 Å². The molecular formula is C18H15ClN6OS. The van der Waals surface area contributed by atoms with Crippen molar-refractivity contribution >= 4 is 51.8 Å². The Labute approximate surface area is 163 Å². The SMILES string of the molecule is Cn1c(NC(=O)Cc2ccc(-c3ccnc(N)n3)s2)nc2c(Cl)cccc21. The molecule has 4 aromatic rings. The van der Waals surface area contributed by atoms with E-state index in [1.54, 1.807) is 18.3 Å². The van der Waals surface area contributed by atoms with Gasteiger partial charge in [0.1, 0.15) is 5.52 Å². The molecule has 0 bridgehead atoms. The lowest BCUT2D eigenvalue weighted by molar-refractivity contribution is -0.115. The maximum Gasteiger partial charge on any atom is 0.231 e. The number of imidazole rings is 1. The summed E-state index contributed by atoms with van der Waals surface area (Å²) in [7, 11) is 1.84. The van der Waals surface area contributed by atoms with Crippen LogP contribution in [0.25, 0.3) is 21.6 Å². The van der Waals surface area contributed by atoms with Crippen LogP contribution in [-0.4, -0.2) is 25.4 Å². The first-order chi connectivity index (χ1) is 13.0. The summed E-state index contributed by atoms with van der Waals surface area (Å²) >= 11 is 7.66. The van der Waals surface area contributed by atoms with Gasteiger partial charge in [-0.1, -0.05) is 17.7 Å². The summed E-state index contributed by atoms with van der Waals surface area (Å²) in [5.74, 6) is 0.532. The summed E-state index contributed by atoms with van der Waals surface area (Å²) in [6.07, 6.45) is 1.85. The highest BCUT2D eigenvalue weighted by molar-refractivity contribution is 7.15. The summed E-state index contributed by atoms with van der Waals surface area (Å²) in [5, 5.41) is 3.40. The number of para-hydroxylation sites is 1. The maximum atomic E-state index is 12.5. The first kappa shape index (κ1) is 17.4. The van der Waals surface area contributed by atoms with Crippen molar-refractivity contribution in [3.63, 3.8) is 0 Å². The molecule has 9 heteroatoms. The topological polar surface area (TPSA) is 98.7 Å². The van der Waals surface area contributed by atoms with Gasteiger partial charge in [-0.2, -0.15) is 0 Å². The van der Waals surface area contributed by atoms with Gasteiger partial charge in [0.15, 0.2) is 0 Å². The number of nitrogen functional groups attached to an aromatic ring is 1. The Morgan fingerprint density at radius 1 is 1.26 bits per heavy atom. The van der Waals surface area contributed by atoms with E-state index in [4.69, 9.17) is 17.3 Å². The van der Waals surface area contributed by atoms with Gasteiger partial charge in [0.05, 0.1) is 27.5 Å². The number of halogens is 1. The minimum atomic E-state index is -0.153. The molecule has 0 fully saturated rings. The van der Waals surface area contributed by atoms with Crippen molar-refractivity contribution < 1.29 is 4.79 Å². The number of anilines is 2. The van der Waals surface area contributed by atoms with Crippen molar-refractivity contribution in [1.82, 2.24) is 19.5 Å². The number of rotatable bonds is 4. The van der Waals surface area contributed by atoms with E-state index in [-0.39, 0.29) is 18.3 Å². The highest BCUT2D eigenvalue weighted by Crippen LogP contribution is 2.28. The van der Waals surface area contributed by atoms with Gasteiger partial charge in [-0.25, -0.2) is 15.0 Å². The fourth-order valence-corrected chi connectivity index (χ4v) is 3.93. The number of aryl methyl sites for hydroxylation is 1. The van der Waals surface area contributed by atoms with Crippen LogP contribution in [0.4, 0.5) is 11.9 Å². The number of hydrogen-bond donors (Lipinski definition) is 2. The summed E-state index contributed by atoms with van der Waals surface area (Å²) in [4.78, 5) is 26.8. The molecule has 3 aromatic heterocycles. The third-order valence-electron chi connectivity index (χ3n) is 4.04. The standard InChI is InChI=1S/C18H15ClN6OS/c1-25-13-4-2-3-11(19)16(13)24-18(25)23-15(26)9-10-5-6-14(27-10)12-7-8-21-17(20)22-12/h2-8H,9H2,1H3,(H2,20,21,22)(H,23,24,26). The largest absolute Gasteiger partial charge is 0.368 e. The van der Waals surface area contributed by atoms with Crippen LogP contribution in [0.5, 0.6) is 0 Å². The zero-order valence-electron chi connectivity index (χ0n) is 14.3. The van der Waals surface area contributed by atoms with Crippen LogP contribution in [0.3, 0.4) is 0 Å². The minimum absolute atomic E-state index is 0.153. The van der Waals surface area contributed by atoms with E-state index < -0.39 is 0 Å². The normalized spacial score (nSPS) is 11.0. The molecule has 0 aliphatic heterocycles. The molecule has 0 aliphatic rings. The Hall–Kier alpha value is -2.97. The van der Waals surface area contributed by atoms with E-state index in [1.807, 2.05) is 35.9 Å². The van der Waals surface area contributed by atoms with Crippen LogP contribution >= 0.6 is 22.9 Å². The molecule has 0 unspecified atom stereocenters. The first-order valence-corrected chi connectivity index (χ1v) is 9.29. The second-order valence-corrected chi connectivity index (χ2v) is 7.47. The second-order valence-electron chi connectivity index (χ2n) is 5.89. The molecule has 0 saturated heterocycles. The van der Waals surface area contributed by atoms with Crippen LogP contribution in [0.15, 0.2) is 42.6 Å². The van der Waals surface area contributed by atoms with Crippen molar-refractivity contribution in [2.75, 3.05) is 11.1 Å². The van der Waals surface area contributed by atoms with Crippen molar-refractivity contribution in [1.29, 1.82) is 0 Å². The number of benzene rings is 1. The Balaban J connectivity index is 1.51. The molecule has 1 amide bonds. The van der Waals surface area contributed by atoms with Crippen LogP contribution < -0.4 is 11.1 Å².